The van der Waals surface area contributed by atoms with E-state index >= 15 is 0 Å². The molecule has 1 aromatic rings. The maximum atomic E-state index is 11.7. The van der Waals surface area contributed by atoms with Crippen molar-refractivity contribution in [1.29, 1.82) is 0 Å². The van der Waals surface area contributed by atoms with E-state index in [1.54, 1.807) is 11.3 Å². The standard InChI is InChI=1S/C11H18N2OS/c1-8(9-5-4-6-15-9)10(14)13-7-11(2,3)12/h4-6,8H,7,12H2,1-3H3,(H,13,14). The van der Waals surface area contributed by atoms with Gasteiger partial charge in [0, 0.05) is 17.0 Å². The van der Waals surface area contributed by atoms with E-state index in [2.05, 4.69) is 5.32 Å². The monoisotopic (exact) mass is 226 g/mol. The summed E-state index contributed by atoms with van der Waals surface area (Å²) in [5.41, 5.74) is 5.43. The first-order valence-corrected chi connectivity index (χ1v) is 5.88. The molecule has 0 radical (unpaired) electrons. The molecule has 1 atom stereocenters. The lowest BCUT2D eigenvalue weighted by Crippen LogP contribution is -2.45. The average Bonchev–Trinajstić information content (AvgIpc) is 2.64. The van der Waals surface area contributed by atoms with Crippen LogP contribution < -0.4 is 11.1 Å². The predicted molar refractivity (Wildman–Crippen MR) is 64.0 cm³/mol. The minimum Gasteiger partial charge on any atom is -0.354 e. The fourth-order valence-corrected chi connectivity index (χ4v) is 1.92. The molecule has 4 heteroatoms. The Labute approximate surface area is 94.7 Å². The first-order chi connectivity index (χ1) is 6.90. The van der Waals surface area contributed by atoms with Gasteiger partial charge in [-0.25, -0.2) is 0 Å². The summed E-state index contributed by atoms with van der Waals surface area (Å²) in [5.74, 6) is -0.0525. The Kier molecular flexibility index (Phi) is 3.88. The summed E-state index contributed by atoms with van der Waals surface area (Å²) in [6.07, 6.45) is 0. The zero-order chi connectivity index (χ0) is 11.5. The van der Waals surface area contributed by atoms with Gasteiger partial charge in [-0.2, -0.15) is 0 Å². The summed E-state index contributed by atoms with van der Waals surface area (Å²) in [6.45, 7) is 6.19. The third-order valence-electron chi connectivity index (χ3n) is 2.08. The summed E-state index contributed by atoms with van der Waals surface area (Å²) >= 11 is 1.60. The van der Waals surface area contributed by atoms with E-state index in [4.69, 9.17) is 5.73 Å². The molecule has 0 saturated carbocycles. The van der Waals surface area contributed by atoms with Crippen molar-refractivity contribution >= 4 is 17.2 Å². The Bertz CT molecular complexity index is 314. The maximum absolute atomic E-state index is 11.7. The van der Waals surface area contributed by atoms with Gasteiger partial charge in [0.2, 0.25) is 5.91 Å². The highest BCUT2D eigenvalue weighted by atomic mass is 32.1. The number of rotatable bonds is 4. The number of hydrogen-bond donors (Lipinski definition) is 2. The smallest absolute Gasteiger partial charge is 0.228 e. The van der Waals surface area contributed by atoms with E-state index in [1.165, 1.54) is 0 Å². The molecule has 0 aliphatic rings. The third-order valence-corrected chi connectivity index (χ3v) is 3.14. The molecule has 0 aliphatic heterocycles. The summed E-state index contributed by atoms with van der Waals surface area (Å²) in [4.78, 5) is 12.8. The Hall–Kier alpha value is -0.870. The highest BCUT2D eigenvalue weighted by molar-refractivity contribution is 7.10. The topological polar surface area (TPSA) is 55.1 Å². The van der Waals surface area contributed by atoms with Crippen LogP contribution in [0.5, 0.6) is 0 Å². The molecule has 15 heavy (non-hydrogen) atoms. The van der Waals surface area contributed by atoms with Crippen LogP contribution in [0.3, 0.4) is 0 Å². The number of nitrogens with one attached hydrogen (secondary N) is 1. The van der Waals surface area contributed by atoms with Crippen LogP contribution in [0.25, 0.3) is 0 Å². The minimum atomic E-state index is -0.356. The largest absolute Gasteiger partial charge is 0.354 e. The van der Waals surface area contributed by atoms with Gasteiger partial charge in [-0.05, 0) is 32.2 Å². The second-order valence-corrected chi connectivity index (χ2v) is 5.42. The number of hydrogen-bond acceptors (Lipinski definition) is 3. The van der Waals surface area contributed by atoms with E-state index in [0.717, 1.165) is 4.88 Å². The second kappa shape index (κ2) is 4.77. The van der Waals surface area contributed by atoms with Crippen LogP contribution in [0.4, 0.5) is 0 Å². The van der Waals surface area contributed by atoms with Gasteiger partial charge in [0.25, 0.3) is 0 Å². The van der Waals surface area contributed by atoms with Crippen LogP contribution >= 0.6 is 11.3 Å². The number of amides is 1. The van der Waals surface area contributed by atoms with Crippen molar-refractivity contribution in [1.82, 2.24) is 5.32 Å². The summed E-state index contributed by atoms with van der Waals surface area (Å²) in [5, 5.41) is 4.83. The third kappa shape index (κ3) is 4.01. The normalized spacial score (nSPS) is 13.6. The zero-order valence-corrected chi connectivity index (χ0v) is 10.2. The van der Waals surface area contributed by atoms with E-state index < -0.39 is 0 Å². The Morgan fingerprint density at radius 2 is 2.33 bits per heavy atom. The van der Waals surface area contributed by atoms with E-state index in [0.29, 0.717) is 6.54 Å². The molecule has 0 fully saturated rings. The van der Waals surface area contributed by atoms with Gasteiger partial charge < -0.3 is 11.1 Å². The van der Waals surface area contributed by atoms with Crippen molar-refractivity contribution in [3.63, 3.8) is 0 Å². The first kappa shape index (κ1) is 12.2. The quantitative estimate of drug-likeness (QED) is 0.821. The average molecular weight is 226 g/mol. The van der Waals surface area contributed by atoms with Crippen LogP contribution in [0.2, 0.25) is 0 Å². The summed E-state index contributed by atoms with van der Waals surface area (Å²) in [6, 6.07) is 3.93. The Morgan fingerprint density at radius 3 is 2.80 bits per heavy atom. The van der Waals surface area contributed by atoms with Crippen LogP contribution in [-0.4, -0.2) is 18.0 Å². The highest BCUT2D eigenvalue weighted by Crippen LogP contribution is 2.20. The molecular weight excluding hydrogens is 208 g/mol. The van der Waals surface area contributed by atoms with E-state index in [-0.39, 0.29) is 17.4 Å². The molecule has 0 aromatic carbocycles. The summed E-state index contributed by atoms with van der Waals surface area (Å²) < 4.78 is 0. The molecule has 1 rings (SSSR count). The van der Waals surface area contributed by atoms with Gasteiger partial charge in [-0.1, -0.05) is 6.07 Å². The molecule has 0 spiro atoms. The maximum Gasteiger partial charge on any atom is 0.228 e. The molecule has 0 aliphatic carbocycles. The molecule has 84 valence electrons. The van der Waals surface area contributed by atoms with Gasteiger partial charge in [0.1, 0.15) is 0 Å². The molecular formula is C11H18N2OS. The van der Waals surface area contributed by atoms with Gasteiger partial charge in [0.05, 0.1) is 5.92 Å². The van der Waals surface area contributed by atoms with Crippen molar-refractivity contribution in [2.75, 3.05) is 6.54 Å². The van der Waals surface area contributed by atoms with Gasteiger partial charge in [-0.3, -0.25) is 4.79 Å². The fourth-order valence-electron chi connectivity index (χ4n) is 1.13. The molecule has 1 aromatic heterocycles. The summed E-state index contributed by atoms with van der Waals surface area (Å²) in [7, 11) is 0. The van der Waals surface area contributed by atoms with Crippen LogP contribution in [0.15, 0.2) is 17.5 Å². The second-order valence-electron chi connectivity index (χ2n) is 4.44. The Balaban J connectivity index is 2.48. The molecule has 3 N–H and O–H groups in total. The molecule has 1 amide bonds. The zero-order valence-electron chi connectivity index (χ0n) is 9.41. The fraction of sp³-hybridized carbons (Fsp3) is 0.545. The number of carbonyl (C=O) groups excluding carboxylic acids is 1. The lowest BCUT2D eigenvalue weighted by molar-refractivity contribution is -0.122. The van der Waals surface area contributed by atoms with Crippen molar-refractivity contribution in [2.24, 2.45) is 5.73 Å². The van der Waals surface area contributed by atoms with Crippen LogP contribution in [-0.2, 0) is 4.79 Å². The van der Waals surface area contributed by atoms with Crippen molar-refractivity contribution in [3.05, 3.63) is 22.4 Å². The Morgan fingerprint density at radius 1 is 1.67 bits per heavy atom. The van der Waals surface area contributed by atoms with Crippen molar-refractivity contribution in [2.45, 2.75) is 32.2 Å². The van der Waals surface area contributed by atoms with E-state index in [9.17, 15) is 4.79 Å². The van der Waals surface area contributed by atoms with Crippen LogP contribution in [0, 0.1) is 0 Å². The van der Waals surface area contributed by atoms with Crippen LogP contribution in [0.1, 0.15) is 31.6 Å². The number of carbonyl (C=O) groups is 1. The van der Waals surface area contributed by atoms with Gasteiger partial charge in [0.15, 0.2) is 0 Å². The molecule has 1 heterocycles. The number of nitrogens with two attached hydrogens (primary N) is 1. The highest BCUT2D eigenvalue weighted by Gasteiger charge is 2.18. The molecule has 3 nitrogen and oxygen atoms in total. The lowest BCUT2D eigenvalue weighted by Gasteiger charge is -2.20. The molecule has 0 bridgehead atoms. The van der Waals surface area contributed by atoms with Gasteiger partial charge >= 0.3 is 0 Å². The molecule has 0 saturated heterocycles. The SMILES string of the molecule is CC(C(=O)NCC(C)(C)N)c1cccs1. The van der Waals surface area contributed by atoms with Crippen molar-refractivity contribution in [3.8, 4) is 0 Å². The van der Waals surface area contributed by atoms with Crippen molar-refractivity contribution < 1.29 is 4.79 Å². The minimum absolute atomic E-state index is 0.0379. The molecule has 1 unspecified atom stereocenters. The lowest BCUT2D eigenvalue weighted by atomic mass is 10.1. The van der Waals surface area contributed by atoms with E-state index in [1.807, 2.05) is 38.3 Å². The first-order valence-electron chi connectivity index (χ1n) is 5.00. The number of thiophene rings is 1. The predicted octanol–water partition coefficient (Wildman–Crippen LogP) is 1.71. The van der Waals surface area contributed by atoms with Gasteiger partial charge in [-0.15, -0.1) is 11.3 Å².